The van der Waals surface area contributed by atoms with E-state index in [1.165, 1.54) is 42.4 Å². The Balaban J connectivity index is 2.23. The van der Waals surface area contributed by atoms with E-state index in [9.17, 15) is 0 Å². The van der Waals surface area contributed by atoms with Gasteiger partial charge in [0.15, 0.2) is 0 Å². The van der Waals surface area contributed by atoms with Crippen LogP contribution in [0.15, 0.2) is 34.3 Å². The van der Waals surface area contributed by atoms with Gasteiger partial charge in [-0.25, -0.2) is 0 Å². The third-order valence-electron chi connectivity index (χ3n) is 3.54. The fourth-order valence-corrected chi connectivity index (χ4v) is 2.99. The molecule has 0 saturated carbocycles. The van der Waals surface area contributed by atoms with Crippen molar-refractivity contribution in [3.05, 3.63) is 45.4 Å². The number of nitrogens with two attached hydrogens (primary N) is 1. The molecule has 1 aromatic rings. The summed E-state index contributed by atoms with van der Waals surface area (Å²) in [6.45, 7) is 2.14. The Kier molecular flexibility index (Phi) is 4.41. The van der Waals surface area contributed by atoms with E-state index in [0.717, 1.165) is 10.9 Å². The molecule has 0 fully saturated rings. The van der Waals surface area contributed by atoms with E-state index < -0.39 is 0 Å². The number of hydrogen-bond donors (Lipinski definition) is 1. The van der Waals surface area contributed by atoms with Crippen molar-refractivity contribution in [3.63, 3.8) is 0 Å². The van der Waals surface area contributed by atoms with Crippen molar-refractivity contribution >= 4 is 15.9 Å². The minimum atomic E-state index is 0.0844. The Morgan fingerprint density at radius 2 is 2.06 bits per heavy atom. The first kappa shape index (κ1) is 12.8. The maximum absolute atomic E-state index is 6.41. The van der Waals surface area contributed by atoms with Crippen molar-refractivity contribution in [2.24, 2.45) is 5.73 Å². The monoisotopic (exact) mass is 293 g/mol. The van der Waals surface area contributed by atoms with E-state index in [2.05, 4.69) is 47.1 Å². The molecule has 1 aliphatic carbocycles. The van der Waals surface area contributed by atoms with Gasteiger partial charge in [0.1, 0.15) is 0 Å². The molecule has 1 unspecified atom stereocenters. The molecule has 2 heteroatoms. The van der Waals surface area contributed by atoms with E-state index in [1.54, 1.807) is 0 Å². The molecule has 1 aromatic carbocycles. The topological polar surface area (TPSA) is 26.0 Å². The van der Waals surface area contributed by atoms with Crippen LogP contribution >= 0.6 is 15.9 Å². The van der Waals surface area contributed by atoms with Gasteiger partial charge in [-0.15, -0.1) is 0 Å². The first-order valence-corrected chi connectivity index (χ1v) is 7.18. The van der Waals surface area contributed by atoms with Crippen LogP contribution in [0.4, 0.5) is 0 Å². The molecule has 0 bridgehead atoms. The molecular formula is C15H20BrN. The highest BCUT2D eigenvalue weighted by Gasteiger charge is 2.15. The highest BCUT2D eigenvalue weighted by Crippen LogP contribution is 2.30. The van der Waals surface area contributed by atoms with Crippen LogP contribution in [0, 0.1) is 6.92 Å². The molecule has 2 N–H and O–H groups in total. The summed E-state index contributed by atoms with van der Waals surface area (Å²) in [4.78, 5) is 0. The van der Waals surface area contributed by atoms with Gasteiger partial charge in [0.25, 0.3) is 0 Å². The molecule has 0 aliphatic heterocycles. The van der Waals surface area contributed by atoms with Gasteiger partial charge in [-0.1, -0.05) is 40.1 Å². The zero-order chi connectivity index (χ0) is 12.3. The highest BCUT2D eigenvalue weighted by molar-refractivity contribution is 9.10. The molecule has 92 valence electrons. The minimum Gasteiger partial charge on any atom is -0.321 e. The van der Waals surface area contributed by atoms with Crippen LogP contribution in [-0.2, 0) is 0 Å². The molecule has 0 aromatic heterocycles. The summed E-state index contributed by atoms with van der Waals surface area (Å²) in [5, 5.41) is 0. The lowest BCUT2D eigenvalue weighted by Crippen LogP contribution is -2.14. The van der Waals surface area contributed by atoms with Gasteiger partial charge >= 0.3 is 0 Å². The van der Waals surface area contributed by atoms with Crippen LogP contribution in [0.3, 0.4) is 0 Å². The first-order chi connectivity index (χ1) is 8.18. The van der Waals surface area contributed by atoms with Crippen molar-refractivity contribution in [2.45, 2.75) is 45.1 Å². The molecule has 0 heterocycles. The van der Waals surface area contributed by atoms with Gasteiger partial charge in [0, 0.05) is 4.47 Å². The molecule has 0 saturated heterocycles. The number of halogens is 1. The molecule has 0 amide bonds. The Morgan fingerprint density at radius 1 is 1.24 bits per heavy atom. The van der Waals surface area contributed by atoms with Gasteiger partial charge in [-0.3, -0.25) is 0 Å². The molecule has 1 atom stereocenters. The number of hydrogen-bond acceptors (Lipinski definition) is 1. The van der Waals surface area contributed by atoms with Crippen molar-refractivity contribution < 1.29 is 0 Å². The van der Waals surface area contributed by atoms with Crippen LogP contribution in [0.25, 0.3) is 0 Å². The Bertz CT molecular complexity index is 423. The number of benzene rings is 1. The lowest BCUT2D eigenvalue weighted by atomic mass is 9.93. The largest absolute Gasteiger partial charge is 0.321 e. The summed E-state index contributed by atoms with van der Waals surface area (Å²) >= 11 is 3.50. The van der Waals surface area contributed by atoms with E-state index in [1.807, 2.05) is 0 Å². The second kappa shape index (κ2) is 5.83. The average molecular weight is 294 g/mol. The molecule has 1 aliphatic rings. The van der Waals surface area contributed by atoms with Gasteiger partial charge in [0.2, 0.25) is 0 Å². The summed E-state index contributed by atoms with van der Waals surface area (Å²) in [6, 6.07) is 6.46. The summed E-state index contributed by atoms with van der Waals surface area (Å²) in [6.07, 6.45) is 8.66. The first-order valence-electron chi connectivity index (χ1n) is 6.39. The maximum atomic E-state index is 6.41. The van der Waals surface area contributed by atoms with Crippen molar-refractivity contribution in [1.82, 2.24) is 0 Å². The third kappa shape index (κ3) is 3.20. The van der Waals surface area contributed by atoms with Crippen LogP contribution in [0.2, 0.25) is 0 Å². The Labute approximate surface area is 112 Å². The fraction of sp³-hybridized carbons (Fsp3) is 0.467. The number of aryl methyl sites for hydroxylation is 1. The maximum Gasteiger partial charge on any atom is 0.0513 e. The minimum absolute atomic E-state index is 0.0844. The van der Waals surface area contributed by atoms with Gasteiger partial charge in [-0.2, -0.15) is 0 Å². The summed E-state index contributed by atoms with van der Waals surface area (Å²) in [7, 11) is 0. The molecule has 1 nitrogen and oxygen atoms in total. The van der Waals surface area contributed by atoms with Crippen molar-refractivity contribution in [1.29, 1.82) is 0 Å². The SMILES string of the molecule is Cc1cc(Br)ccc1C(N)C1=CCCCCC1. The van der Waals surface area contributed by atoms with E-state index in [-0.39, 0.29) is 6.04 Å². The van der Waals surface area contributed by atoms with Crippen LogP contribution in [0.5, 0.6) is 0 Å². The number of rotatable bonds is 2. The average Bonchev–Trinajstić information content (AvgIpc) is 2.56. The highest BCUT2D eigenvalue weighted by atomic mass is 79.9. The molecule has 17 heavy (non-hydrogen) atoms. The van der Waals surface area contributed by atoms with Gasteiger partial charge < -0.3 is 5.73 Å². The predicted molar refractivity (Wildman–Crippen MR) is 77.0 cm³/mol. The zero-order valence-corrected chi connectivity index (χ0v) is 12.0. The van der Waals surface area contributed by atoms with Crippen molar-refractivity contribution in [3.8, 4) is 0 Å². The molecule has 0 spiro atoms. The van der Waals surface area contributed by atoms with Crippen LogP contribution < -0.4 is 5.73 Å². The molecule has 0 radical (unpaired) electrons. The van der Waals surface area contributed by atoms with Crippen molar-refractivity contribution in [2.75, 3.05) is 0 Å². The smallest absolute Gasteiger partial charge is 0.0513 e. The Hall–Kier alpha value is -0.600. The number of allylic oxidation sites excluding steroid dienone is 1. The second-order valence-electron chi connectivity index (χ2n) is 4.86. The van der Waals surface area contributed by atoms with E-state index >= 15 is 0 Å². The standard InChI is InChI=1S/C15H20BrN/c1-11-10-13(16)8-9-14(11)15(17)12-6-4-2-3-5-7-12/h6,8-10,15H,2-5,7,17H2,1H3. The summed E-state index contributed by atoms with van der Waals surface area (Å²) < 4.78 is 1.13. The lowest BCUT2D eigenvalue weighted by molar-refractivity contribution is 0.687. The summed E-state index contributed by atoms with van der Waals surface area (Å²) in [5.74, 6) is 0. The van der Waals surface area contributed by atoms with Gasteiger partial charge in [0.05, 0.1) is 6.04 Å². The lowest BCUT2D eigenvalue weighted by Gasteiger charge is -2.18. The van der Waals surface area contributed by atoms with Gasteiger partial charge in [-0.05, 0) is 55.9 Å². The van der Waals surface area contributed by atoms with Crippen LogP contribution in [-0.4, -0.2) is 0 Å². The Morgan fingerprint density at radius 3 is 2.82 bits per heavy atom. The third-order valence-corrected chi connectivity index (χ3v) is 4.04. The van der Waals surface area contributed by atoms with E-state index in [0.29, 0.717) is 0 Å². The van der Waals surface area contributed by atoms with Crippen LogP contribution in [0.1, 0.15) is 49.3 Å². The zero-order valence-electron chi connectivity index (χ0n) is 10.4. The molecular weight excluding hydrogens is 274 g/mol. The van der Waals surface area contributed by atoms with E-state index in [4.69, 9.17) is 5.73 Å². The quantitative estimate of drug-likeness (QED) is 0.790. The fourth-order valence-electron chi connectivity index (χ4n) is 2.51. The molecule has 2 rings (SSSR count). The predicted octanol–water partition coefficient (Wildman–Crippen LogP) is 4.65. The normalized spacial score (nSPS) is 18.4. The summed E-state index contributed by atoms with van der Waals surface area (Å²) in [5.41, 5.74) is 10.4. The second-order valence-corrected chi connectivity index (χ2v) is 5.77.